The first-order valence-corrected chi connectivity index (χ1v) is 9.61. The van der Waals surface area contributed by atoms with Crippen molar-refractivity contribution in [1.82, 2.24) is 20.8 Å². The molecule has 0 aliphatic rings. The number of hydrogen-bond acceptors (Lipinski definition) is 5. The van der Waals surface area contributed by atoms with Crippen LogP contribution in [0.2, 0.25) is 5.02 Å². The Bertz CT molecular complexity index is 1060. The van der Waals surface area contributed by atoms with Crippen LogP contribution in [0.4, 0.5) is 18.9 Å². The molecule has 0 saturated carbocycles. The minimum absolute atomic E-state index is 0.0648. The fourth-order valence-electron chi connectivity index (χ4n) is 2.59. The minimum atomic E-state index is -1.37. The highest BCUT2D eigenvalue weighted by atomic mass is 35.5. The van der Waals surface area contributed by atoms with Gasteiger partial charge in [-0.3, -0.25) is 10.7 Å². The number of ether oxygens (including phenoxy) is 1. The number of alkyl halides is 1. The number of aromatic nitrogens is 2. The van der Waals surface area contributed by atoms with Gasteiger partial charge in [0.15, 0.2) is 5.84 Å². The molecule has 0 radical (unpaired) electrons. The molecular formula is C20H23ClF3N5O2. The number of methoxy groups -OCH3 is 1. The van der Waals surface area contributed by atoms with Gasteiger partial charge in [0.2, 0.25) is 0 Å². The van der Waals surface area contributed by atoms with E-state index >= 15 is 0 Å². The highest BCUT2D eigenvalue weighted by molar-refractivity contribution is 6.31. The van der Waals surface area contributed by atoms with Crippen LogP contribution < -0.4 is 21.5 Å². The van der Waals surface area contributed by atoms with Crippen molar-refractivity contribution in [2.75, 3.05) is 26.9 Å². The van der Waals surface area contributed by atoms with Gasteiger partial charge in [-0.1, -0.05) is 18.2 Å². The van der Waals surface area contributed by atoms with E-state index in [1.807, 2.05) is 5.48 Å². The SMILES string of the molecule is C=c1[nH]c(CNCCCOC)n/c1=C(/C=C(/F)CF)C(=Nc1ccc(F)c(Cl)c1)NO. The van der Waals surface area contributed by atoms with Gasteiger partial charge in [0.05, 0.1) is 28.0 Å². The molecule has 1 aromatic heterocycles. The minimum Gasteiger partial charge on any atom is -0.385 e. The average Bonchev–Trinajstić information content (AvgIpc) is 3.12. The number of nitrogens with one attached hydrogen (secondary N) is 3. The van der Waals surface area contributed by atoms with E-state index < -0.39 is 18.3 Å². The molecule has 0 atom stereocenters. The van der Waals surface area contributed by atoms with E-state index in [4.69, 9.17) is 16.3 Å². The van der Waals surface area contributed by atoms with E-state index in [1.54, 1.807) is 7.11 Å². The number of nitrogens with zero attached hydrogens (tertiary/aromatic N) is 2. The summed E-state index contributed by atoms with van der Waals surface area (Å²) in [6.45, 7) is 4.12. The second-order valence-electron chi connectivity index (χ2n) is 6.34. The molecule has 2 rings (SSSR count). The number of allylic oxidation sites excluding steroid dienone is 1. The number of imidazole rings is 1. The van der Waals surface area contributed by atoms with Crippen LogP contribution in [0.1, 0.15) is 12.2 Å². The van der Waals surface area contributed by atoms with Crippen molar-refractivity contribution in [3.63, 3.8) is 0 Å². The predicted octanol–water partition coefficient (Wildman–Crippen LogP) is 2.42. The average molecular weight is 458 g/mol. The van der Waals surface area contributed by atoms with Crippen molar-refractivity contribution in [3.8, 4) is 0 Å². The largest absolute Gasteiger partial charge is 0.385 e. The number of H-pyrrole nitrogens is 1. The molecule has 7 nitrogen and oxygen atoms in total. The van der Waals surface area contributed by atoms with Crippen molar-refractivity contribution >= 4 is 35.3 Å². The molecular weight excluding hydrogens is 435 g/mol. The highest BCUT2D eigenvalue weighted by Crippen LogP contribution is 2.22. The molecule has 1 aromatic carbocycles. The smallest absolute Gasteiger partial charge is 0.159 e. The lowest BCUT2D eigenvalue weighted by Crippen LogP contribution is -2.32. The van der Waals surface area contributed by atoms with Crippen LogP contribution in [0.5, 0.6) is 0 Å². The summed E-state index contributed by atoms with van der Waals surface area (Å²) in [4.78, 5) is 11.4. The summed E-state index contributed by atoms with van der Waals surface area (Å²) in [6, 6.07) is 3.60. The van der Waals surface area contributed by atoms with Crippen LogP contribution >= 0.6 is 11.6 Å². The van der Waals surface area contributed by atoms with Crippen molar-refractivity contribution in [3.05, 3.63) is 57.5 Å². The Morgan fingerprint density at radius 1 is 1.45 bits per heavy atom. The summed E-state index contributed by atoms with van der Waals surface area (Å²) < 4.78 is 45.0. The number of amidine groups is 1. The van der Waals surface area contributed by atoms with Gasteiger partial charge in [0.1, 0.15) is 24.1 Å². The maximum Gasteiger partial charge on any atom is 0.159 e. The molecule has 0 aliphatic heterocycles. The van der Waals surface area contributed by atoms with E-state index in [2.05, 4.69) is 26.9 Å². The Kier molecular flexibility index (Phi) is 9.73. The zero-order valence-electron chi connectivity index (χ0n) is 16.8. The van der Waals surface area contributed by atoms with Gasteiger partial charge < -0.3 is 15.0 Å². The normalized spacial score (nSPS) is 13.5. The number of rotatable bonds is 10. The first kappa shape index (κ1) is 24.6. The van der Waals surface area contributed by atoms with Crippen molar-refractivity contribution < 1.29 is 23.1 Å². The molecule has 31 heavy (non-hydrogen) atoms. The highest BCUT2D eigenvalue weighted by Gasteiger charge is 2.12. The maximum absolute atomic E-state index is 13.8. The van der Waals surface area contributed by atoms with Gasteiger partial charge in [0, 0.05) is 19.3 Å². The lowest BCUT2D eigenvalue weighted by molar-refractivity contribution is 0.194. The van der Waals surface area contributed by atoms with E-state index in [0.29, 0.717) is 30.9 Å². The Morgan fingerprint density at radius 3 is 2.87 bits per heavy atom. The Balaban J connectivity index is 2.49. The lowest BCUT2D eigenvalue weighted by Gasteiger charge is -2.06. The van der Waals surface area contributed by atoms with Gasteiger partial charge in [0.25, 0.3) is 0 Å². The van der Waals surface area contributed by atoms with E-state index in [-0.39, 0.29) is 27.5 Å². The Labute approximate surface area is 182 Å². The van der Waals surface area contributed by atoms with Gasteiger partial charge >= 0.3 is 0 Å². The summed E-state index contributed by atoms with van der Waals surface area (Å²) in [5.74, 6) is -1.54. The van der Waals surface area contributed by atoms with Crippen LogP contribution in [-0.2, 0) is 11.3 Å². The van der Waals surface area contributed by atoms with E-state index in [9.17, 15) is 18.4 Å². The third-order valence-corrected chi connectivity index (χ3v) is 4.30. The number of aliphatic imine (C=N–C) groups is 1. The van der Waals surface area contributed by atoms with E-state index in [1.165, 1.54) is 12.1 Å². The molecule has 168 valence electrons. The second kappa shape index (κ2) is 12.3. The lowest BCUT2D eigenvalue weighted by atomic mass is 10.2. The van der Waals surface area contributed by atoms with Crippen LogP contribution in [-0.4, -0.2) is 47.9 Å². The van der Waals surface area contributed by atoms with Crippen LogP contribution in [0.15, 0.2) is 35.1 Å². The monoisotopic (exact) mass is 457 g/mol. The number of hydrogen-bond donors (Lipinski definition) is 4. The maximum atomic E-state index is 13.8. The fraction of sp³-hybridized carbons (Fsp3) is 0.300. The summed E-state index contributed by atoms with van der Waals surface area (Å²) >= 11 is 5.75. The summed E-state index contributed by atoms with van der Waals surface area (Å²) in [7, 11) is 1.61. The van der Waals surface area contributed by atoms with E-state index in [0.717, 1.165) is 18.6 Å². The molecule has 0 spiro atoms. The molecule has 11 heteroatoms. The molecule has 0 saturated heterocycles. The standard InChI is InChI=1S/C20H23ClF3N5O2/c1-12-19(28-18(26-12)11-25-6-3-7-31-2)15(8-13(23)10-22)20(29-30)27-14-4-5-17(24)16(21)9-14/h4-5,8-9,25,30H,1,3,6-7,10-11H2,2H3,(H,26,28)(H,27,29)/b13-8+,19-15-. The quantitative estimate of drug-likeness (QED) is 0.190. The molecule has 0 unspecified atom stereocenters. The third-order valence-electron chi connectivity index (χ3n) is 4.01. The molecule has 0 aliphatic carbocycles. The van der Waals surface area contributed by atoms with Crippen LogP contribution in [0, 0.1) is 5.82 Å². The summed E-state index contributed by atoms with van der Waals surface area (Å²) in [6.07, 6.45) is 1.64. The number of halogens is 4. The van der Waals surface area contributed by atoms with Crippen molar-refractivity contribution in [1.29, 1.82) is 0 Å². The first-order valence-electron chi connectivity index (χ1n) is 9.23. The topological polar surface area (TPSA) is 94.6 Å². The molecule has 0 fully saturated rings. The summed E-state index contributed by atoms with van der Waals surface area (Å²) in [5.41, 5.74) is 1.94. The number of aromatic amines is 1. The zero-order chi connectivity index (χ0) is 22.8. The third kappa shape index (κ3) is 7.21. The number of benzene rings is 1. The molecule has 1 heterocycles. The second-order valence-corrected chi connectivity index (χ2v) is 6.75. The van der Waals surface area contributed by atoms with Gasteiger partial charge in [-0.2, -0.15) is 0 Å². The van der Waals surface area contributed by atoms with Crippen LogP contribution in [0.3, 0.4) is 0 Å². The van der Waals surface area contributed by atoms with Gasteiger partial charge in [-0.25, -0.2) is 23.1 Å². The van der Waals surface area contributed by atoms with Gasteiger partial charge in [-0.15, -0.1) is 0 Å². The van der Waals surface area contributed by atoms with Gasteiger partial charge in [-0.05, 0) is 37.2 Å². The van der Waals surface area contributed by atoms with Crippen molar-refractivity contribution in [2.45, 2.75) is 13.0 Å². The predicted molar refractivity (Wildman–Crippen MR) is 114 cm³/mol. The molecule has 2 aromatic rings. The molecule has 4 N–H and O–H groups in total. The van der Waals surface area contributed by atoms with Crippen molar-refractivity contribution in [2.24, 2.45) is 4.99 Å². The Morgan fingerprint density at radius 2 is 2.23 bits per heavy atom. The summed E-state index contributed by atoms with van der Waals surface area (Å²) in [5, 5.41) is 13.0. The first-order chi connectivity index (χ1) is 14.9. The Hall–Kier alpha value is -2.66. The number of hydroxylamine groups is 1. The molecule has 0 bridgehead atoms. The zero-order valence-corrected chi connectivity index (χ0v) is 17.6. The fourth-order valence-corrected chi connectivity index (χ4v) is 2.77. The molecule has 0 amide bonds. The van der Waals surface area contributed by atoms with Crippen LogP contribution in [0.25, 0.3) is 12.2 Å².